The van der Waals surface area contributed by atoms with Crippen molar-refractivity contribution in [1.82, 2.24) is 14.9 Å². The van der Waals surface area contributed by atoms with Crippen molar-refractivity contribution in [3.63, 3.8) is 0 Å². The summed E-state index contributed by atoms with van der Waals surface area (Å²) in [7, 11) is 1.61. The van der Waals surface area contributed by atoms with Gasteiger partial charge in [-0.3, -0.25) is 9.69 Å². The van der Waals surface area contributed by atoms with Gasteiger partial charge in [-0.2, -0.15) is 0 Å². The number of nitrogens with one attached hydrogen (secondary N) is 1. The number of aromatic amines is 1. The average Bonchev–Trinajstić information content (AvgIpc) is 3.39. The third-order valence-electron chi connectivity index (χ3n) is 6.01. The highest BCUT2D eigenvalue weighted by Gasteiger charge is 2.34. The minimum Gasteiger partial charge on any atom is -0.495 e. The molecule has 0 bridgehead atoms. The maximum Gasteiger partial charge on any atom is 0.325 e. The number of ether oxygens (including phenoxy) is 1. The van der Waals surface area contributed by atoms with Crippen molar-refractivity contribution in [3.8, 4) is 5.75 Å². The number of carboxylic acids is 1. The second-order valence-electron chi connectivity index (χ2n) is 7.70. The molecule has 1 aliphatic rings. The predicted octanol–water partition coefficient (Wildman–Crippen LogP) is 4.32. The number of carbonyl (C=O) groups is 1. The van der Waals surface area contributed by atoms with Crippen LogP contribution in [0.1, 0.15) is 36.3 Å². The fourth-order valence-corrected chi connectivity index (χ4v) is 4.50. The van der Waals surface area contributed by atoms with E-state index in [4.69, 9.17) is 9.15 Å². The SMILES string of the molecule is COc1cccc2c(C(C(=O)O)N3CCC(c4nc5ccccc5o4)CC3)c[nH]c12. The summed E-state index contributed by atoms with van der Waals surface area (Å²) in [5, 5.41) is 10.9. The van der Waals surface area contributed by atoms with Crippen LogP contribution in [0.2, 0.25) is 0 Å². The van der Waals surface area contributed by atoms with Gasteiger partial charge in [0.25, 0.3) is 0 Å². The zero-order chi connectivity index (χ0) is 20.7. The zero-order valence-corrected chi connectivity index (χ0v) is 16.7. The van der Waals surface area contributed by atoms with Crippen LogP contribution in [-0.2, 0) is 4.79 Å². The minimum atomic E-state index is -0.848. The molecule has 2 aromatic heterocycles. The van der Waals surface area contributed by atoms with Gasteiger partial charge in [0.05, 0.1) is 12.6 Å². The summed E-state index contributed by atoms with van der Waals surface area (Å²) < 4.78 is 11.3. The molecule has 4 aromatic rings. The molecule has 1 atom stereocenters. The maximum absolute atomic E-state index is 12.2. The summed E-state index contributed by atoms with van der Waals surface area (Å²) in [6, 6.07) is 12.7. The molecular weight excluding hydrogens is 382 g/mol. The monoisotopic (exact) mass is 405 g/mol. The quantitative estimate of drug-likeness (QED) is 0.514. The van der Waals surface area contributed by atoms with E-state index in [1.165, 1.54) is 0 Å². The largest absolute Gasteiger partial charge is 0.495 e. The molecule has 3 heterocycles. The first-order valence-corrected chi connectivity index (χ1v) is 10.1. The Kier molecular flexibility index (Phi) is 4.67. The Morgan fingerprint density at radius 1 is 1.23 bits per heavy atom. The molecule has 30 heavy (non-hydrogen) atoms. The van der Waals surface area contributed by atoms with Gasteiger partial charge in [-0.25, -0.2) is 4.98 Å². The smallest absolute Gasteiger partial charge is 0.325 e. The first kappa shape index (κ1) is 18.7. The van der Waals surface area contributed by atoms with Gasteiger partial charge in [-0.1, -0.05) is 24.3 Å². The van der Waals surface area contributed by atoms with Gasteiger partial charge in [0.1, 0.15) is 17.3 Å². The number of likely N-dealkylation sites (tertiary alicyclic amines) is 1. The molecule has 1 fully saturated rings. The molecule has 1 aliphatic heterocycles. The van der Waals surface area contributed by atoms with Crippen LogP contribution in [0.4, 0.5) is 0 Å². The number of hydrogen-bond acceptors (Lipinski definition) is 5. The normalized spacial score (nSPS) is 16.8. The molecule has 0 radical (unpaired) electrons. The van der Waals surface area contributed by atoms with Crippen molar-refractivity contribution < 1.29 is 19.1 Å². The fourth-order valence-electron chi connectivity index (χ4n) is 4.50. The standard InChI is InChI=1S/C23H23N3O4/c1-29-19-8-4-5-15-16(13-24-20(15)19)21(23(27)28)26-11-9-14(10-12-26)22-25-17-6-2-3-7-18(17)30-22/h2-8,13-14,21,24H,9-12H2,1H3,(H,27,28). The molecule has 2 aromatic carbocycles. The number of fused-ring (bicyclic) bond motifs is 2. The molecule has 5 rings (SSSR count). The molecule has 1 saturated heterocycles. The zero-order valence-electron chi connectivity index (χ0n) is 16.7. The molecule has 7 heteroatoms. The summed E-state index contributed by atoms with van der Waals surface area (Å²) in [6.07, 6.45) is 3.41. The number of benzene rings is 2. The van der Waals surface area contributed by atoms with Crippen molar-refractivity contribution in [2.24, 2.45) is 0 Å². The number of para-hydroxylation sites is 3. The molecule has 154 valence electrons. The molecule has 7 nitrogen and oxygen atoms in total. The number of rotatable bonds is 5. The van der Waals surface area contributed by atoms with Gasteiger partial charge in [0.15, 0.2) is 11.5 Å². The average molecular weight is 405 g/mol. The lowest BCUT2D eigenvalue weighted by Crippen LogP contribution is -2.39. The fraction of sp³-hybridized carbons (Fsp3) is 0.304. The minimum absolute atomic E-state index is 0.200. The van der Waals surface area contributed by atoms with Gasteiger partial charge < -0.3 is 19.2 Å². The molecule has 0 amide bonds. The predicted molar refractivity (Wildman–Crippen MR) is 113 cm³/mol. The first-order valence-electron chi connectivity index (χ1n) is 10.1. The summed E-state index contributed by atoms with van der Waals surface area (Å²) >= 11 is 0. The van der Waals surface area contributed by atoms with Crippen molar-refractivity contribution in [1.29, 1.82) is 0 Å². The highest BCUT2D eigenvalue weighted by Crippen LogP contribution is 2.37. The van der Waals surface area contributed by atoms with E-state index in [0.717, 1.165) is 46.3 Å². The van der Waals surface area contributed by atoms with E-state index in [9.17, 15) is 9.90 Å². The lowest BCUT2D eigenvalue weighted by molar-refractivity contribution is -0.144. The molecule has 1 unspecified atom stereocenters. The van der Waals surface area contributed by atoms with Crippen molar-refractivity contribution in [2.75, 3.05) is 20.2 Å². The van der Waals surface area contributed by atoms with Crippen molar-refractivity contribution in [2.45, 2.75) is 24.8 Å². The number of aliphatic carboxylic acids is 1. The lowest BCUT2D eigenvalue weighted by atomic mass is 9.94. The molecular formula is C23H23N3O4. The van der Waals surface area contributed by atoms with E-state index in [2.05, 4.69) is 9.97 Å². The van der Waals surface area contributed by atoms with E-state index in [-0.39, 0.29) is 5.92 Å². The highest BCUT2D eigenvalue weighted by atomic mass is 16.5. The van der Waals surface area contributed by atoms with Crippen molar-refractivity contribution >= 4 is 28.0 Å². The van der Waals surface area contributed by atoms with E-state index in [1.807, 2.05) is 47.4 Å². The van der Waals surface area contributed by atoms with Crippen LogP contribution in [0.25, 0.3) is 22.0 Å². The molecule has 0 aliphatic carbocycles. The third kappa shape index (κ3) is 3.11. The summed E-state index contributed by atoms with van der Waals surface area (Å²) in [4.78, 5) is 22.1. The van der Waals surface area contributed by atoms with Crippen LogP contribution in [0, 0.1) is 0 Å². The number of hydrogen-bond donors (Lipinski definition) is 2. The Morgan fingerprint density at radius 3 is 2.77 bits per heavy atom. The Hall–Kier alpha value is -3.32. The van der Waals surface area contributed by atoms with Gasteiger partial charge in [0, 0.05) is 36.2 Å². The van der Waals surface area contributed by atoms with Crippen LogP contribution in [0.3, 0.4) is 0 Å². The highest BCUT2D eigenvalue weighted by molar-refractivity contribution is 5.92. The summed E-state index contributed by atoms with van der Waals surface area (Å²) in [6.45, 7) is 1.33. The van der Waals surface area contributed by atoms with Crippen LogP contribution >= 0.6 is 0 Å². The van der Waals surface area contributed by atoms with Crippen molar-refractivity contribution in [3.05, 3.63) is 60.1 Å². The topological polar surface area (TPSA) is 91.6 Å². The lowest BCUT2D eigenvalue weighted by Gasteiger charge is -2.34. The van der Waals surface area contributed by atoms with Gasteiger partial charge in [-0.15, -0.1) is 0 Å². The third-order valence-corrected chi connectivity index (χ3v) is 6.01. The Labute approximate surface area is 173 Å². The van der Waals surface area contributed by atoms with E-state index in [1.54, 1.807) is 13.3 Å². The number of carboxylic acid groups (broad SMARTS) is 1. The van der Waals surface area contributed by atoms with Crippen LogP contribution in [0.5, 0.6) is 5.75 Å². The van der Waals surface area contributed by atoms with Crippen LogP contribution in [0.15, 0.2) is 53.1 Å². The number of nitrogens with zero attached hydrogens (tertiary/aromatic N) is 2. The number of methoxy groups -OCH3 is 1. The second-order valence-corrected chi connectivity index (χ2v) is 7.70. The van der Waals surface area contributed by atoms with E-state index < -0.39 is 12.0 Å². The van der Waals surface area contributed by atoms with Gasteiger partial charge in [0.2, 0.25) is 0 Å². The number of piperidine rings is 1. The van der Waals surface area contributed by atoms with Crippen LogP contribution in [-0.4, -0.2) is 46.1 Å². The Morgan fingerprint density at radius 2 is 2.03 bits per heavy atom. The van der Waals surface area contributed by atoms with E-state index in [0.29, 0.717) is 18.8 Å². The van der Waals surface area contributed by atoms with E-state index >= 15 is 0 Å². The summed E-state index contributed by atoms with van der Waals surface area (Å²) in [5.74, 6) is 0.808. The number of oxazole rings is 1. The number of H-pyrrole nitrogens is 1. The molecule has 0 spiro atoms. The van der Waals surface area contributed by atoms with Gasteiger partial charge in [-0.05, 0) is 31.0 Å². The number of aromatic nitrogens is 2. The summed E-state index contributed by atoms with van der Waals surface area (Å²) in [5.41, 5.74) is 3.25. The second kappa shape index (κ2) is 7.50. The molecule has 0 saturated carbocycles. The molecule has 2 N–H and O–H groups in total. The Balaban J connectivity index is 1.39. The first-order chi connectivity index (χ1) is 14.7. The maximum atomic E-state index is 12.2. The Bertz CT molecular complexity index is 1170. The van der Waals surface area contributed by atoms with Crippen LogP contribution < -0.4 is 4.74 Å². The van der Waals surface area contributed by atoms with Gasteiger partial charge >= 0.3 is 5.97 Å².